The number of halogens is 2. The molecule has 8 nitrogen and oxygen atoms in total. The summed E-state index contributed by atoms with van der Waals surface area (Å²) >= 11 is 6.80. The van der Waals surface area contributed by atoms with Gasteiger partial charge in [0.1, 0.15) is 18.1 Å². The summed E-state index contributed by atoms with van der Waals surface area (Å²) in [6, 6.07) is 3.32. The lowest BCUT2D eigenvalue weighted by atomic mass is 10.1. The van der Waals surface area contributed by atoms with Gasteiger partial charge in [-0.05, 0) is 55.6 Å². The number of hydrogen-bond donors (Lipinski definition) is 0. The zero-order valence-electron chi connectivity index (χ0n) is 13.5. The van der Waals surface area contributed by atoms with Gasteiger partial charge in [0.15, 0.2) is 12.1 Å². The van der Waals surface area contributed by atoms with Crippen LogP contribution in [-0.2, 0) is 16.1 Å². The number of aromatic nitrogens is 4. The van der Waals surface area contributed by atoms with Gasteiger partial charge in [-0.3, -0.25) is 4.79 Å². The average Bonchev–Trinajstić information content (AvgIpc) is 3.11. The van der Waals surface area contributed by atoms with Gasteiger partial charge in [-0.25, -0.2) is 4.79 Å². The third kappa shape index (κ3) is 4.55. The Labute approximate surface area is 165 Å². The molecule has 0 N–H and O–H groups in total. The summed E-state index contributed by atoms with van der Waals surface area (Å²) in [5.41, 5.74) is 0.306. The van der Waals surface area contributed by atoms with E-state index in [1.807, 2.05) is 0 Å². The minimum Gasteiger partial charge on any atom is -0.489 e. The van der Waals surface area contributed by atoms with Crippen molar-refractivity contribution in [3.8, 4) is 5.75 Å². The Morgan fingerprint density at radius 2 is 2.12 bits per heavy atom. The maximum absolute atomic E-state index is 12.5. The first kappa shape index (κ1) is 18.7. The molecule has 1 heterocycles. The van der Waals surface area contributed by atoms with Crippen LogP contribution in [0, 0.1) is 0 Å². The van der Waals surface area contributed by atoms with E-state index in [2.05, 4.69) is 47.3 Å². The second kappa shape index (κ2) is 8.54. The minimum absolute atomic E-state index is 0.0281. The molecule has 136 valence electrons. The van der Waals surface area contributed by atoms with Crippen LogP contribution in [0.2, 0.25) is 0 Å². The van der Waals surface area contributed by atoms with Crippen LogP contribution < -0.4 is 4.74 Å². The van der Waals surface area contributed by atoms with Crippen molar-refractivity contribution < 1.29 is 19.1 Å². The summed E-state index contributed by atoms with van der Waals surface area (Å²) in [5, 5.41) is 11.3. The zero-order valence-corrected chi connectivity index (χ0v) is 16.7. The van der Waals surface area contributed by atoms with Gasteiger partial charge in [0.2, 0.25) is 0 Å². The Kier molecular flexibility index (Phi) is 6.15. The van der Waals surface area contributed by atoms with E-state index in [4.69, 9.17) is 9.47 Å². The van der Waals surface area contributed by atoms with Gasteiger partial charge in [0, 0.05) is 18.9 Å². The highest BCUT2D eigenvalue weighted by Crippen LogP contribution is 2.37. The Hall–Kier alpha value is -2.07. The number of rotatable bonds is 6. The van der Waals surface area contributed by atoms with E-state index >= 15 is 0 Å². The predicted octanol–water partition coefficient (Wildman–Crippen LogP) is 3.07. The number of ether oxygens (including phenoxy) is 2. The molecular weight excluding hydrogens is 472 g/mol. The van der Waals surface area contributed by atoms with Crippen LogP contribution in [0.4, 0.5) is 0 Å². The average molecular weight is 486 g/mol. The Bertz CT molecular complexity index is 852. The van der Waals surface area contributed by atoms with Crippen LogP contribution in [0.1, 0.15) is 29.6 Å². The maximum Gasteiger partial charge on any atom is 0.344 e. The van der Waals surface area contributed by atoms with E-state index in [0.29, 0.717) is 51.8 Å². The fourth-order valence-corrected chi connectivity index (χ4v) is 3.69. The number of allylic oxidation sites excluding steroid dienone is 2. The van der Waals surface area contributed by atoms with Crippen molar-refractivity contribution in [2.45, 2.75) is 25.8 Å². The molecule has 26 heavy (non-hydrogen) atoms. The molecule has 0 radical (unpaired) electrons. The summed E-state index contributed by atoms with van der Waals surface area (Å²) in [5.74, 6) is 0.279. The first-order valence-electron chi connectivity index (χ1n) is 7.82. The van der Waals surface area contributed by atoms with E-state index in [1.165, 1.54) is 17.2 Å². The molecule has 0 amide bonds. The van der Waals surface area contributed by atoms with Crippen LogP contribution in [0.15, 0.2) is 39.2 Å². The number of nitrogens with zero attached hydrogens (tertiary/aromatic N) is 4. The third-order valence-electron chi connectivity index (χ3n) is 3.59. The Morgan fingerprint density at radius 1 is 1.27 bits per heavy atom. The number of ketones is 1. The maximum atomic E-state index is 12.5. The molecule has 10 heteroatoms. The van der Waals surface area contributed by atoms with E-state index < -0.39 is 5.97 Å². The smallest absolute Gasteiger partial charge is 0.344 e. The molecule has 0 saturated carbocycles. The fraction of sp³-hybridized carbons (Fsp3) is 0.312. The molecule has 3 rings (SSSR count). The van der Waals surface area contributed by atoms with Gasteiger partial charge in [-0.2, -0.15) is 4.80 Å². The highest BCUT2D eigenvalue weighted by Gasteiger charge is 2.21. The van der Waals surface area contributed by atoms with Crippen molar-refractivity contribution in [3.63, 3.8) is 0 Å². The van der Waals surface area contributed by atoms with Crippen LogP contribution in [0.5, 0.6) is 5.75 Å². The summed E-state index contributed by atoms with van der Waals surface area (Å²) in [6.07, 6.45) is 4.47. The lowest BCUT2D eigenvalue weighted by Gasteiger charge is -2.15. The molecular formula is C16H14Br2N4O4. The zero-order chi connectivity index (χ0) is 18.5. The van der Waals surface area contributed by atoms with E-state index in [0.717, 1.165) is 0 Å². The number of carbonyl (C=O) groups excluding carboxylic acids is 2. The molecule has 0 bridgehead atoms. The number of tetrazole rings is 1. The summed E-state index contributed by atoms with van der Waals surface area (Å²) < 4.78 is 12.2. The van der Waals surface area contributed by atoms with E-state index in [-0.39, 0.29) is 12.4 Å². The van der Waals surface area contributed by atoms with Gasteiger partial charge in [-0.15, -0.1) is 10.2 Å². The molecule has 0 unspecified atom stereocenters. The molecule has 0 aliphatic heterocycles. The van der Waals surface area contributed by atoms with Crippen molar-refractivity contribution >= 4 is 43.6 Å². The van der Waals surface area contributed by atoms with Gasteiger partial charge in [-0.1, -0.05) is 0 Å². The van der Waals surface area contributed by atoms with E-state index in [1.54, 1.807) is 12.1 Å². The Balaban J connectivity index is 1.71. The molecule has 0 atom stereocenters. The molecule has 1 aliphatic carbocycles. The lowest BCUT2D eigenvalue weighted by molar-refractivity contribution is -0.115. The Morgan fingerprint density at radius 3 is 2.85 bits per heavy atom. The molecule has 1 aromatic heterocycles. The monoisotopic (exact) mass is 484 g/mol. The van der Waals surface area contributed by atoms with Crippen LogP contribution in [0.3, 0.4) is 0 Å². The van der Waals surface area contributed by atoms with Gasteiger partial charge < -0.3 is 9.47 Å². The first-order valence-corrected chi connectivity index (χ1v) is 9.40. The highest BCUT2D eigenvalue weighted by molar-refractivity contribution is 9.11. The number of carbonyl (C=O) groups is 2. The predicted molar refractivity (Wildman–Crippen MR) is 97.5 cm³/mol. The highest BCUT2D eigenvalue weighted by atomic mass is 79.9. The fourth-order valence-electron chi connectivity index (χ4n) is 2.36. The second-order valence-corrected chi connectivity index (χ2v) is 7.09. The van der Waals surface area contributed by atoms with Gasteiger partial charge in [0.05, 0.1) is 21.1 Å². The molecule has 0 saturated heterocycles. The van der Waals surface area contributed by atoms with Gasteiger partial charge in [0.25, 0.3) is 0 Å². The quantitative estimate of drug-likeness (QED) is 0.580. The van der Waals surface area contributed by atoms with Gasteiger partial charge >= 0.3 is 5.97 Å². The number of benzene rings is 1. The van der Waals surface area contributed by atoms with Crippen molar-refractivity contribution in [1.82, 2.24) is 20.2 Å². The number of esters is 1. The van der Waals surface area contributed by atoms with Crippen molar-refractivity contribution in [1.29, 1.82) is 0 Å². The topological polar surface area (TPSA) is 96.2 Å². The SMILES string of the molecule is O=C1C=C(OC(=O)c2ccc(Br)c(OCCn3ncnn3)c2Br)CCC1. The van der Waals surface area contributed by atoms with Crippen molar-refractivity contribution in [3.05, 3.63) is 44.8 Å². The second-order valence-electron chi connectivity index (χ2n) is 5.44. The number of hydrogen-bond acceptors (Lipinski definition) is 7. The van der Waals surface area contributed by atoms with Crippen molar-refractivity contribution in [2.75, 3.05) is 6.61 Å². The minimum atomic E-state index is -0.548. The van der Waals surface area contributed by atoms with E-state index in [9.17, 15) is 9.59 Å². The first-order chi connectivity index (χ1) is 12.5. The summed E-state index contributed by atoms with van der Waals surface area (Å²) in [4.78, 5) is 25.3. The van der Waals surface area contributed by atoms with Crippen LogP contribution in [-0.4, -0.2) is 38.6 Å². The standard InChI is InChI=1S/C16H14Br2N4O4/c17-13-5-4-12(16(24)26-11-3-1-2-10(23)8-11)14(18)15(13)25-7-6-22-20-9-19-21-22/h4-5,8-9H,1-3,6-7H2. The molecule has 1 aliphatic rings. The van der Waals surface area contributed by atoms with Crippen molar-refractivity contribution in [2.24, 2.45) is 0 Å². The molecule has 0 spiro atoms. The molecule has 0 fully saturated rings. The summed E-state index contributed by atoms with van der Waals surface area (Å²) in [7, 11) is 0. The molecule has 1 aromatic carbocycles. The third-order valence-corrected chi connectivity index (χ3v) is 5.00. The summed E-state index contributed by atoms with van der Waals surface area (Å²) in [6.45, 7) is 0.689. The van der Waals surface area contributed by atoms with Crippen LogP contribution in [0.25, 0.3) is 0 Å². The molecule has 2 aromatic rings. The largest absolute Gasteiger partial charge is 0.489 e. The van der Waals surface area contributed by atoms with Crippen LogP contribution >= 0.6 is 31.9 Å². The normalized spacial score (nSPS) is 14.1. The lowest BCUT2D eigenvalue weighted by Crippen LogP contribution is -2.13.